The van der Waals surface area contributed by atoms with Crippen molar-refractivity contribution in [2.45, 2.75) is 52.6 Å². The van der Waals surface area contributed by atoms with E-state index in [-0.39, 0.29) is 12.3 Å². The molecule has 0 bridgehead atoms. The van der Waals surface area contributed by atoms with Crippen LogP contribution in [0.1, 0.15) is 63.7 Å². The van der Waals surface area contributed by atoms with Crippen LogP contribution >= 0.6 is 0 Å². The molecule has 0 N–H and O–H groups in total. The van der Waals surface area contributed by atoms with Gasteiger partial charge in [0.05, 0.1) is 22.4 Å². The Hall–Kier alpha value is -3.99. The van der Waals surface area contributed by atoms with E-state index in [9.17, 15) is 14.4 Å². The molecule has 182 valence electrons. The molecule has 5 rings (SSSR count). The Bertz CT molecular complexity index is 1400. The molecule has 0 fully saturated rings. The topological polar surface area (TPSA) is 57.7 Å². The van der Waals surface area contributed by atoms with Gasteiger partial charge in [-0.3, -0.25) is 19.3 Å². The number of nitrogens with zero attached hydrogens (tertiary/aromatic N) is 2. The number of carbonyl (C=O) groups excluding carboxylic acids is 3. The number of amides is 3. The molecule has 2 heterocycles. The fourth-order valence-electron chi connectivity index (χ4n) is 5.45. The summed E-state index contributed by atoms with van der Waals surface area (Å²) in [4.78, 5) is 44.5. The molecular formula is C31H30N2O3. The lowest BCUT2D eigenvalue weighted by molar-refractivity contribution is -0.123. The van der Waals surface area contributed by atoms with Crippen molar-refractivity contribution in [2.75, 3.05) is 4.90 Å². The number of imide groups is 1. The molecular weight excluding hydrogens is 448 g/mol. The Morgan fingerprint density at radius 3 is 1.97 bits per heavy atom. The van der Waals surface area contributed by atoms with Crippen LogP contribution in [0.2, 0.25) is 0 Å². The summed E-state index contributed by atoms with van der Waals surface area (Å²) in [6, 6.07) is 19.5. The maximum Gasteiger partial charge on any atom is 0.262 e. The standard InChI is InChI=1S/C31H30N2O3/c1-19-15-25-21(3)18-31(4,5)33(26(25)16-20(19)2)30(36)27(17-22-11-7-6-8-12-22)32-28(34)23-13-9-10-14-24(23)29(32)35/h6-16,18,27H,17H2,1-5H3. The smallest absolute Gasteiger partial charge is 0.262 e. The van der Waals surface area contributed by atoms with E-state index in [1.807, 2.05) is 57.2 Å². The second-order valence-electron chi connectivity index (χ2n) is 10.3. The van der Waals surface area contributed by atoms with E-state index >= 15 is 0 Å². The lowest BCUT2D eigenvalue weighted by Gasteiger charge is -2.44. The molecule has 36 heavy (non-hydrogen) atoms. The Morgan fingerprint density at radius 2 is 1.36 bits per heavy atom. The number of rotatable bonds is 4. The SMILES string of the molecule is CC1=CC(C)(C)N(C(=O)C(Cc2ccccc2)N2C(=O)c3ccccc3C2=O)c2cc(C)c(C)cc21. The van der Waals surface area contributed by atoms with Gasteiger partial charge in [-0.05, 0) is 81.1 Å². The molecule has 0 aliphatic carbocycles. The van der Waals surface area contributed by atoms with Crippen LogP contribution in [-0.4, -0.2) is 34.2 Å². The molecule has 1 unspecified atom stereocenters. The molecule has 5 heteroatoms. The van der Waals surface area contributed by atoms with Crippen LogP contribution in [0.25, 0.3) is 5.57 Å². The van der Waals surface area contributed by atoms with Crippen LogP contribution in [-0.2, 0) is 11.2 Å². The zero-order valence-electron chi connectivity index (χ0n) is 21.3. The van der Waals surface area contributed by atoms with Crippen LogP contribution < -0.4 is 4.90 Å². The number of anilines is 1. The summed E-state index contributed by atoms with van der Waals surface area (Å²) in [6.07, 6.45) is 2.32. The van der Waals surface area contributed by atoms with Crippen molar-refractivity contribution in [1.82, 2.24) is 4.90 Å². The molecule has 3 aromatic carbocycles. The van der Waals surface area contributed by atoms with Crippen LogP contribution in [0, 0.1) is 13.8 Å². The Labute approximate surface area is 212 Å². The molecule has 3 amide bonds. The second-order valence-corrected chi connectivity index (χ2v) is 10.3. The Balaban J connectivity index is 1.65. The summed E-state index contributed by atoms with van der Waals surface area (Å²) in [5.41, 5.74) is 6.05. The van der Waals surface area contributed by atoms with Crippen LogP contribution in [0.5, 0.6) is 0 Å². The molecule has 0 spiro atoms. The summed E-state index contributed by atoms with van der Waals surface area (Å²) in [7, 11) is 0. The minimum absolute atomic E-state index is 0.237. The zero-order valence-corrected chi connectivity index (χ0v) is 21.3. The monoisotopic (exact) mass is 478 g/mol. The van der Waals surface area contributed by atoms with E-state index in [4.69, 9.17) is 0 Å². The third-order valence-corrected chi connectivity index (χ3v) is 7.34. The third kappa shape index (κ3) is 3.76. The first-order valence-corrected chi connectivity index (χ1v) is 12.3. The zero-order chi connectivity index (χ0) is 25.8. The first-order chi connectivity index (χ1) is 17.1. The minimum Gasteiger partial charge on any atom is -0.301 e. The van der Waals surface area contributed by atoms with Gasteiger partial charge in [-0.2, -0.15) is 0 Å². The Morgan fingerprint density at radius 1 is 0.806 bits per heavy atom. The summed E-state index contributed by atoms with van der Waals surface area (Å²) in [6.45, 7) is 10.1. The van der Waals surface area contributed by atoms with Crippen molar-refractivity contribution in [3.63, 3.8) is 0 Å². The van der Waals surface area contributed by atoms with E-state index in [1.165, 1.54) is 4.90 Å². The molecule has 2 aliphatic rings. The summed E-state index contributed by atoms with van der Waals surface area (Å²) in [5, 5.41) is 0. The van der Waals surface area contributed by atoms with Crippen molar-refractivity contribution < 1.29 is 14.4 Å². The van der Waals surface area contributed by atoms with Crippen molar-refractivity contribution in [3.05, 3.63) is 106 Å². The average molecular weight is 479 g/mol. The second kappa shape index (κ2) is 8.59. The van der Waals surface area contributed by atoms with Gasteiger partial charge in [0.15, 0.2) is 0 Å². The maximum atomic E-state index is 14.6. The van der Waals surface area contributed by atoms with Crippen molar-refractivity contribution in [2.24, 2.45) is 0 Å². The molecule has 0 aromatic heterocycles. The average Bonchev–Trinajstić information content (AvgIpc) is 3.09. The summed E-state index contributed by atoms with van der Waals surface area (Å²) >= 11 is 0. The number of fused-ring (bicyclic) bond motifs is 2. The predicted octanol–water partition coefficient (Wildman–Crippen LogP) is 5.74. The van der Waals surface area contributed by atoms with E-state index in [1.54, 1.807) is 29.2 Å². The van der Waals surface area contributed by atoms with Gasteiger partial charge < -0.3 is 4.90 Å². The molecule has 3 aromatic rings. The number of carbonyl (C=O) groups is 3. The number of hydrogen-bond donors (Lipinski definition) is 0. The first kappa shape index (κ1) is 23.7. The fourth-order valence-corrected chi connectivity index (χ4v) is 5.45. The molecule has 0 saturated carbocycles. The highest BCUT2D eigenvalue weighted by molar-refractivity contribution is 6.23. The number of hydrogen-bond acceptors (Lipinski definition) is 3. The van der Waals surface area contributed by atoms with E-state index in [0.29, 0.717) is 11.1 Å². The predicted molar refractivity (Wildman–Crippen MR) is 142 cm³/mol. The number of aryl methyl sites for hydroxylation is 2. The lowest BCUT2D eigenvalue weighted by Crippen LogP contribution is -2.58. The molecule has 5 nitrogen and oxygen atoms in total. The summed E-state index contributed by atoms with van der Waals surface area (Å²) < 4.78 is 0. The van der Waals surface area contributed by atoms with E-state index in [0.717, 1.165) is 33.5 Å². The Kier molecular flexibility index (Phi) is 5.67. The molecule has 2 aliphatic heterocycles. The third-order valence-electron chi connectivity index (χ3n) is 7.34. The highest BCUT2D eigenvalue weighted by atomic mass is 16.2. The highest BCUT2D eigenvalue weighted by Gasteiger charge is 2.47. The fraction of sp³-hybridized carbons (Fsp3) is 0.258. The number of allylic oxidation sites excluding steroid dienone is 1. The lowest BCUT2D eigenvalue weighted by atomic mass is 9.86. The van der Waals surface area contributed by atoms with Gasteiger partial charge in [0.25, 0.3) is 17.7 Å². The van der Waals surface area contributed by atoms with Gasteiger partial charge in [-0.15, -0.1) is 0 Å². The normalized spacial score (nSPS) is 17.0. The maximum absolute atomic E-state index is 14.6. The largest absolute Gasteiger partial charge is 0.301 e. The van der Waals surface area contributed by atoms with Gasteiger partial charge in [0.1, 0.15) is 6.04 Å². The van der Waals surface area contributed by atoms with Gasteiger partial charge in [-0.1, -0.05) is 48.5 Å². The van der Waals surface area contributed by atoms with Gasteiger partial charge in [0.2, 0.25) is 0 Å². The van der Waals surface area contributed by atoms with Crippen molar-refractivity contribution in [3.8, 4) is 0 Å². The van der Waals surface area contributed by atoms with Crippen LogP contribution in [0.3, 0.4) is 0 Å². The van der Waals surface area contributed by atoms with Crippen LogP contribution in [0.15, 0.2) is 72.8 Å². The molecule has 0 radical (unpaired) electrons. The summed E-state index contributed by atoms with van der Waals surface area (Å²) in [5.74, 6) is -1.12. The first-order valence-electron chi connectivity index (χ1n) is 12.3. The van der Waals surface area contributed by atoms with Crippen molar-refractivity contribution >= 4 is 29.0 Å². The minimum atomic E-state index is -0.986. The van der Waals surface area contributed by atoms with E-state index in [2.05, 4.69) is 26.0 Å². The quantitative estimate of drug-likeness (QED) is 0.450. The molecule has 1 atom stereocenters. The number of benzene rings is 3. The van der Waals surface area contributed by atoms with Gasteiger partial charge >= 0.3 is 0 Å². The van der Waals surface area contributed by atoms with Gasteiger partial charge in [0, 0.05) is 12.0 Å². The van der Waals surface area contributed by atoms with Gasteiger partial charge in [-0.25, -0.2) is 0 Å². The highest BCUT2D eigenvalue weighted by Crippen LogP contribution is 2.41. The molecule has 0 saturated heterocycles. The van der Waals surface area contributed by atoms with E-state index < -0.39 is 23.4 Å². The van der Waals surface area contributed by atoms with Crippen LogP contribution in [0.4, 0.5) is 5.69 Å². The van der Waals surface area contributed by atoms with Crippen molar-refractivity contribution in [1.29, 1.82) is 0 Å².